The van der Waals surface area contributed by atoms with Crippen molar-refractivity contribution >= 4 is 27.3 Å². The van der Waals surface area contributed by atoms with E-state index in [9.17, 15) is 18.6 Å². The van der Waals surface area contributed by atoms with Crippen LogP contribution in [0.2, 0.25) is 0 Å². The van der Waals surface area contributed by atoms with E-state index in [1.54, 1.807) is 31.2 Å². The van der Waals surface area contributed by atoms with Gasteiger partial charge in [-0.15, -0.1) is 11.6 Å². The topological polar surface area (TPSA) is 89.9 Å². The van der Waals surface area contributed by atoms with Gasteiger partial charge in [-0.3, -0.25) is 0 Å². The van der Waals surface area contributed by atoms with E-state index in [0.29, 0.717) is 11.6 Å². The second-order valence-corrected chi connectivity index (χ2v) is 9.69. The van der Waals surface area contributed by atoms with Gasteiger partial charge in [-0.25, -0.2) is 8.42 Å². The van der Waals surface area contributed by atoms with E-state index in [-0.39, 0.29) is 29.9 Å². The molecule has 0 saturated heterocycles. The summed E-state index contributed by atoms with van der Waals surface area (Å²) in [7, 11) is -3.80. The fourth-order valence-corrected chi connectivity index (χ4v) is 5.53. The standard InChI is InChI=1S/C19H31ClN2O4S/c1-14-7-9-16(10-8-14)22(13-15(2)23)27(25,26)19-6-4-3-5-18(19)21-12-17(24)11-20/h3-6,14-17,21,23-24H,7-13H2,1-2H3. The molecule has 0 radical (unpaired) electrons. The smallest absolute Gasteiger partial charge is 0.245 e. The van der Waals surface area contributed by atoms with E-state index in [4.69, 9.17) is 11.6 Å². The summed E-state index contributed by atoms with van der Waals surface area (Å²) in [4.78, 5) is 0.158. The number of hydrogen-bond acceptors (Lipinski definition) is 5. The Morgan fingerprint density at radius 2 is 1.85 bits per heavy atom. The number of benzene rings is 1. The van der Waals surface area contributed by atoms with Gasteiger partial charge >= 0.3 is 0 Å². The number of aliphatic hydroxyl groups is 2. The first-order valence-electron chi connectivity index (χ1n) is 9.52. The fraction of sp³-hybridized carbons (Fsp3) is 0.684. The number of nitrogens with one attached hydrogen (secondary N) is 1. The number of alkyl halides is 1. The van der Waals surface area contributed by atoms with Crippen molar-refractivity contribution in [1.29, 1.82) is 0 Å². The summed E-state index contributed by atoms with van der Waals surface area (Å²) in [5, 5.41) is 22.6. The predicted octanol–water partition coefficient (Wildman–Crippen LogP) is 2.65. The first-order valence-corrected chi connectivity index (χ1v) is 11.5. The quantitative estimate of drug-likeness (QED) is 0.536. The van der Waals surface area contributed by atoms with Crippen LogP contribution in [-0.4, -0.2) is 60.2 Å². The van der Waals surface area contributed by atoms with Gasteiger partial charge < -0.3 is 15.5 Å². The lowest BCUT2D eigenvalue weighted by atomic mass is 9.87. The molecular formula is C19H31ClN2O4S. The maximum Gasteiger partial charge on any atom is 0.245 e. The first kappa shape index (κ1) is 22.4. The normalized spacial score (nSPS) is 23.2. The third-order valence-electron chi connectivity index (χ3n) is 5.02. The average molecular weight is 419 g/mol. The highest BCUT2D eigenvalue weighted by molar-refractivity contribution is 7.89. The molecule has 8 heteroatoms. The Morgan fingerprint density at radius 1 is 1.22 bits per heavy atom. The van der Waals surface area contributed by atoms with Gasteiger partial charge in [0.15, 0.2) is 0 Å². The number of sulfonamides is 1. The van der Waals surface area contributed by atoms with Crippen LogP contribution in [0.4, 0.5) is 5.69 Å². The maximum absolute atomic E-state index is 13.5. The van der Waals surface area contributed by atoms with Gasteiger partial charge in [0.2, 0.25) is 10.0 Å². The highest BCUT2D eigenvalue weighted by atomic mass is 35.5. The summed E-state index contributed by atoms with van der Waals surface area (Å²) in [6, 6.07) is 6.56. The molecule has 0 spiro atoms. The van der Waals surface area contributed by atoms with Crippen LogP contribution >= 0.6 is 11.6 Å². The molecule has 3 N–H and O–H groups in total. The van der Waals surface area contributed by atoms with Crippen molar-refractivity contribution in [3.63, 3.8) is 0 Å². The Morgan fingerprint density at radius 3 is 2.44 bits per heavy atom. The van der Waals surface area contributed by atoms with Crippen molar-refractivity contribution in [2.45, 2.75) is 62.7 Å². The van der Waals surface area contributed by atoms with Gasteiger partial charge in [-0.1, -0.05) is 19.1 Å². The molecule has 27 heavy (non-hydrogen) atoms. The van der Waals surface area contributed by atoms with Crippen molar-refractivity contribution in [2.24, 2.45) is 5.92 Å². The first-order chi connectivity index (χ1) is 12.8. The molecule has 1 aliphatic carbocycles. The number of para-hydroxylation sites is 1. The minimum Gasteiger partial charge on any atom is -0.392 e. The van der Waals surface area contributed by atoms with E-state index >= 15 is 0 Å². The Bertz CT molecular complexity index is 691. The monoisotopic (exact) mass is 418 g/mol. The minimum atomic E-state index is -3.80. The number of aliphatic hydroxyl groups excluding tert-OH is 2. The van der Waals surface area contributed by atoms with E-state index in [2.05, 4.69) is 12.2 Å². The third kappa shape index (κ3) is 6.06. The molecular weight excluding hydrogens is 388 g/mol. The van der Waals surface area contributed by atoms with Gasteiger partial charge in [0.1, 0.15) is 4.90 Å². The SMILES string of the molecule is CC(O)CN(C1CCC(C)CC1)S(=O)(=O)c1ccccc1NCC(O)CCl. The second-order valence-electron chi connectivity index (χ2n) is 7.52. The maximum atomic E-state index is 13.5. The Kier molecular flexibility index (Phi) is 8.37. The van der Waals surface area contributed by atoms with Crippen LogP contribution in [0, 0.1) is 5.92 Å². The number of nitrogens with zero attached hydrogens (tertiary/aromatic N) is 1. The van der Waals surface area contributed by atoms with Gasteiger partial charge in [-0.2, -0.15) is 4.31 Å². The molecule has 1 aromatic carbocycles. The predicted molar refractivity (Wildman–Crippen MR) is 109 cm³/mol. The van der Waals surface area contributed by atoms with Crippen LogP contribution < -0.4 is 5.32 Å². The van der Waals surface area contributed by atoms with Crippen LogP contribution in [0.1, 0.15) is 39.5 Å². The molecule has 1 saturated carbocycles. The van der Waals surface area contributed by atoms with Crippen molar-refractivity contribution < 1.29 is 18.6 Å². The molecule has 0 amide bonds. The Labute approximate surface area is 167 Å². The van der Waals surface area contributed by atoms with Gasteiger partial charge in [0.25, 0.3) is 0 Å². The zero-order valence-electron chi connectivity index (χ0n) is 16.0. The van der Waals surface area contributed by atoms with Crippen molar-refractivity contribution in [3.8, 4) is 0 Å². The highest BCUT2D eigenvalue weighted by Gasteiger charge is 2.35. The van der Waals surface area contributed by atoms with Crippen LogP contribution in [0.3, 0.4) is 0 Å². The van der Waals surface area contributed by atoms with E-state index < -0.39 is 22.2 Å². The second kappa shape index (κ2) is 10.1. The molecule has 0 aliphatic heterocycles. The summed E-state index contributed by atoms with van der Waals surface area (Å²) in [5.41, 5.74) is 0.432. The van der Waals surface area contributed by atoms with E-state index in [1.807, 2.05) is 0 Å². The summed E-state index contributed by atoms with van der Waals surface area (Å²) >= 11 is 5.62. The molecule has 6 nitrogen and oxygen atoms in total. The lowest BCUT2D eigenvalue weighted by Crippen LogP contribution is -2.45. The molecule has 1 aromatic rings. The third-order valence-corrected chi connectivity index (χ3v) is 7.35. The number of halogens is 1. The van der Waals surface area contributed by atoms with Crippen LogP contribution in [0.5, 0.6) is 0 Å². The lowest BCUT2D eigenvalue weighted by molar-refractivity contribution is 0.130. The fourth-order valence-electron chi connectivity index (χ4n) is 3.48. The molecule has 0 heterocycles. The zero-order chi connectivity index (χ0) is 20.0. The van der Waals surface area contributed by atoms with Crippen LogP contribution in [0.25, 0.3) is 0 Å². The van der Waals surface area contributed by atoms with Gasteiger partial charge in [0, 0.05) is 19.1 Å². The molecule has 2 unspecified atom stereocenters. The van der Waals surface area contributed by atoms with Gasteiger partial charge in [0.05, 0.1) is 23.8 Å². The Balaban J connectivity index is 2.32. The minimum absolute atomic E-state index is 0.0658. The van der Waals surface area contributed by atoms with Crippen molar-refractivity contribution in [2.75, 3.05) is 24.3 Å². The van der Waals surface area contributed by atoms with Crippen LogP contribution in [-0.2, 0) is 10.0 Å². The average Bonchev–Trinajstić information content (AvgIpc) is 2.65. The van der Waals surface area contributed by atoms with E-state index in [1.165, 1.54) is 4.31 Å². The molecule has 154 valence electrons. The van der Waals surface area contributed by atoms with Gasteiger partial charge in [-0.05, 0) is 50.7 Å². The molecule has 1 fully saturated rings. The number of anilines is 1. The van der Waals surface area contributed by atoms with E-state index in [0.717, 1.165) is 25.7 Å². The number of rotatable bonds is 9. The lowest BCUT2D eigenvalue weighted by Gasteiger charge is -2.36. The molecule has 0 aromatic heterocycles. The van der Waals surface area contributed by atoms with Crippen molar-refractivity contribution in [3.05, 3.63) is 24.3 Å². The zero-order valence-corrected chi connectivity index (χ0v) is 17.6. The largest absolute Gasteiger partial charge is 0.392 e. The number of hydrogen-bond donors (Lipinski definition) is 3. The molecule has 0 bridgehead atoms. The van der Waals surface area contributed by atoms with Crippen molar-refractivity contribution in [1.82, 2.24) is 4.31 Å². The molecule has 1 aliphatic rings. The molecule has 2 atom stereocenters. The summed E-state index contributed by atoms with van der Waals surface area (Å²) in [6.45, 7) is 4.02. The Hall–Kier alpha value is -0.860. The summed E-state index contributed by atoms with van der Waals surface area (Å²) in [5.74, 6) is 0.666. The molecule has 2 rings (SSSR count). The summed E-state index contributed by atoms with van der Waals surface area (Å²) in [6.07, 6.45) is 2.05. The van der Waals surface area contributed by atoms with Crippen LogP contribution in [0.15, 0.2) is 29.2 Å². The highest BCUT2D eigenvalue weighted by Crippen LogP contribution is 2.33. The summed E-state index contributed by atoms with van der Waals surface area (Å²) < 4.78 is 28.4.